The number of ether oxygens (including phenoxy) is 1. The van der Waals surface area contributed by atoms with Gasteiger partial charge >= 0.3 is 0 Å². The smallest absolute Gasteiger partial charge is 0.142 e. The summed E-state index contributed by atoms with van der Waals surface area (Å²) in [6.45, 7) is 7.93. The zero-order valence-electron chi connectivity index (χ0n) is 12.1. The largest absolute Gasteiger partial charge is 0.496 e. The van der Waals surface area contributed by atoms with Gasteiger partial charge in [0.1, 0.15) is 13.6 Å². The van der Waals surface area contributed by atoms with Crippen molar-refractivity contribution in [1.82, 2.24) is 5.32 Å². The van der Waals surface area contributed by atoms with Gasteiger partial charge in [-0.1, -0.05) is 0 Å². The second-order valence-corrected chi connectivity index (χ2v) is 5.98. The molecule has 0 spiro atoms. The maximum atomic E-state index is 6.03. The first-order valence-electron chi connectivity index (χ1n) is 6.95. The Morgan fingerprint density at radius 1 is 1.32 bits per heavy atom. The number of benzene rings is 1. The highest BCUT2D eigenvalue weighted by atomic mass is 16.5. The van der Waals surface area contributed by atoms with Crippen LogP contribution in [-0.2, 0) is 0 Å². The number of aryl methyl sites for hydroxylation is 1. The van der Waals surface area contributed by atoms with Crippen molar-refractivity contribution in [3.63, 3.8) is 0 Å². The van der Waals surface area contributed by atoms with Crippen LogP contribution < -0.4 is 15.8 Å². The first kappa shape index (κ1) is 14.3. The molecule has 0 amide bonds. The summed E-state index contributed by atoms with van der Waals surface area (Å²) in [6.07, 6.45) is 2.33. The Kier molecular flexibility index (Phi) is 4.09. The summed E-state index contributed by atoms with van der Waals surface area (Å²) in [5.74, 6) is 1.29. The van der Waals surface area contributed by atoms with E-state index in [2.05, 4.69) is 18.3 Å². The molecule has 1 aliphatic heterocycles. The average molecular weight is 258 g/mol. The van der Waals surface area contributed by atoms with Crippen LogP contribution in [0.1, 0.15) is 43.7 Å². The van der Waals surface area contributed by atoms with Crippen molar-refractivity contribution in [2.45, 2.75) is 45.0 Å². The third-order valence-electron chi connectivity index (χ3n) is 3.55. The molecule has 1 saturated heterocycles. The van der Waals surface area contributed by atoms with E-state index in [0.717, 1.165) is 25.9 Å². The van der Waals surface area contributed by atoms with Crippen molar-refractivity contribution in [2.75, 3.05) is 18.8 Å². The van der Waals surface area contributed by atoms with Crippen molar-refractivity contribution < 1.29 is 4.74 Å². The molecular weight excluding hydrogens is 235 g/mol. The summed E-state index contributed by atoms with van der Waals surface area (Å²) in [6, 6.07) is 4.08. The van der Waals surface area contributed by atoms with Gasteiger partial charge in [0.25, 0.3) is 0 Å². The maximum Gasteiger partial charge on any atom is 0.142 e. The fourth-order valence-electron chi connectivity index (χ4n) is 2.67. The van der Waals surface area contributed by atoms with Crippen molar-refractivity contribution in [1.29, 1.82) is 0 Å². The molecule has 0 saturated carbocycles. The molecule has 0 atom stereocenters. The predicted molar refractivity (Wildman–Crippen MR) is 80.9 cm³/mol. The van der Waals surface area contributed by atoms with Crippen LogP contribution in [0.2, 0.25) is 0 Å². The summed E-state index contributed by atoms with van der Waals surface area (Å²) in [4.78, 5) is 0. The van der Waals surface area contributed by atoms with Gasteiger partial charge in [-0.15, -0.1) is 0 Å². The third-order valence-corrected chi connectivity index (χ3v) is 3.55. The number of nitrogen functional groups attached to an aromatic ring is 1. The Bertz CT molecular complexity index is 448. The molecule has 2 radical (unpaired) electrons. The Balaban J connectivity index is 2.30. The maximum absolute atomic E-state index is 6.03. The second-order valence-electron chi connectivity index (χ2n) is 5.98. The molecular formula is C15H23BN2O. The molecule has 0 aliphatic carbocycles. The zero-order valence-corrected chi connectivity index (χ0v) is 12.1. The van der Waals surface area contributed by atoms with Crippen molar-refractivity contribution in [3.8, 4) is 5.75 Å². The van der Waals surface area contributed by atoms with Gasteiger partial charge in [-0.25, -0.2) is 0 Å². The lowest BCUT2D eigenvalue weighted by molar-refractivity contribution is 0.199. The SMILES string of the molecule is [B]C(C)(C)Oc1cc(C2CCNCC2)c(C)cc1N. The van der Waals surface area contributed by atoms with Crippen molar-refractivity contribution >= 4 is 13.5 Å². The minimum atomic E-state index is -0.714. The van der Waals surface area contributed by atoms with E-state index >= 15 is 0 Å². The Hall–Kier alpha value is -1.16. The molecule has 3 N–H and O–H groups in total. The molecule has 1 aliphatic rings. The zero-order chi connectivity index (χ0) is 14.0. The number of hydrogen-bond acceptors (Lipinski definition) is 3. The van der Waals surface area contributed by atoms with Gasteiger partial charge in [0.15, 0.2) is 0 Å². The molecule has 19 heavy (non-hydrogen) atoms. The summed E-state index contributed by atoms with van der Waals surface area (Å²) in [5.41, 5.74) is 8.57. The number of hydrogen-bond donors (Lipinski definition) is 2. The van der Waals surface area contributed by atoms with Crippen LogP contribution in [0.25, 0.3) is 0 Å². The lowest BCUT2D eigenvalue weighted by Gasteiger charge is -2.28. The highest BCUT2D eigenvalue weighted by molar-refractivity contribution is 6.14. The van der Waals surface area contributed by atoms with Gasteiger partial charge in [0, 0.05) is 0 Å². The van der Waals surface area contributed by atoms with Gasteiger partial charge in [0.05, 0.1) is 11.2 Å². The standard InChI is InChI=1S/C15H23BN2O/c1-10-8-13(17)14(19-15(2,3)16)9-12(10)11-4-6-18-7-5-11/h8-9,11,18H,4-7,17H2,1-3H3. The van der Waals surface area contributed by atoms with E-state index in [1.54, 1.807) is 0 Å². The predicted octanol–water partition coefficient (Wildman–Crippen LogP) is 2.33. The molecule has 1 heterocycles. The summed E-state index contributed by atoms with van der Waals surface area (Å²) >= 11 is 0. The number of piperidine rings is 1. The van der Waals surface area contributed by atoms with Crippen molar-refractivity contribution in [2.24, 2.45) is 0 Å². The van der Waals surface area contributed by atoms with Crippen LogP contribution in [0.15, 0.2) is 12.1 Å². The molecule has 0 unspecified atom stereocenters. The van der Waals surface area contributed by atoms with E-state index in [9.17, 15) is 0 Å². The van der Waals surface area contributed by atoms with E-state index in [0.29, 0.717) is 17.4 Å². The molecule has 3 nitrogen and oxygen atoms in total. The topological polar surface area (TPSA) is 47.3 Å². The highest BCUT2D eigenvalue weighted by Crippen LogP contribution is 2.35. The lowest BCUT2D eigenvalue weighted by Crippen LogP contribution is -2.29. The first-order chi connectivity index (χ1) is 8.87. The second kappa shape index (κ2) is 5.45. The van der Waals surface area contributed by atoms with E-state index < -0.39 is 5.50 Å². The fourth-order valence-corrected chi connectivity index (χ4v) is 2.67. The molecule has 4 heteroatoms. The van der Waals surface area contributed by atoms with Gasteiger partial charge in [-0.2, -0.15) is 0 Å². The van der Waals surface area contributed by atoms with Crippen LogP contribution in [0.4, 0.5) is 5.69 Å². The molecule has 1 aromatic rings. The molecule has 1 aromatic carbocycles. The van der Waals surface area contributed by atoms with Crippen molar-refractivity contribution in [3.05, 3.63) is 23.3 Å². The van der Waals surface area contributed by atoms with E-state index in [-0.39, 0.29) is 0 Å². The van der Waals surface area contributed by atoms with Crippen LogP contribution in [0.3, 0.4) is 0 Å². The monoisotopic (exact) mass is 258 g/mol. The fraction of sp³-hybridized carbons (Fsp3) is 0.600. The van der Waals surface area contributed by atoms with E-state index in [1.165, 1.54) is 11.1 Å². The molecule has 0 bridgehead atoms. The quantitative estimate of drug-likeness (QED) is 0.646. The van der Waals surface area contributed by atoms with Crippen LogP contribution in [0, 0.1) is 6.92 Å². The van der Waals surface area contributed by atoms with Gasteiger partial charge in [0.2, 0.25) is 0 Å². The van der Waals surface area contributed by atoms with E-state index in [4.69, 9.17) is 18.3 Å². The summed E-state index contributed by atoms with van der Waals surface area (Å²) in [5, 5.41) is 3.39. The third kappa shape index (κ3) is 3.66. The Morgan fingerprint density at radius 2 is 1.95 bits per heavy atom. The van der Waals surface area contributed by atoms with Crippen LogP contribution in [0.5, 0.6) is 5.75 Å². The number of nitrogens with one attached hydrogen (secondary N) is 1. The van der Waals surface area contributed by atoms with Gasteiger partial charge in [-0.3, -0.25) is 0 Å². The Labute approximate surface area is 117 Å². The van der Waals surface area contributed by atoms with E-state index in [1.807, 2.05) is 19.9 Å². The van der Waals surface area contributed by atoms with Gasteiger partial charge < -0.3 is 15.8 Å². The lowest BCUT2D eigenvalue weighted by atomic mass is 9.85. The normalized spacial score (nSPS) is 17.4. The van der Waals surface area contributed by atoms with Gasteiger partial charge in [-0.05, 0) is 75.9 Å². The van der Waals surface area contributed by atoms with Crippen LogP contribution >= 0.6 is 0 Å². The molecule has 0 aromatic heterocycles. The minimum absolute atomic E-state index is 0.588. The summed E-state index contributed by atoms with van der Waals surface area (Å²) in [7, 11) is 5.92. The summed E-state index contributed by atoms with van der Waals surface area (Å²) < 4.78 is 5.76. The minimum Gasteiger partial charge on any atom is -0.496 e. The number of nitrogens with two attached hydrogens (primary N) is 1. The molecule has 1 fully saturated rings. The number of rotatable bonds is 3. The number of anilines is 1. The first-order valence-corrected chi connectivity index (χ1v) is 6.95. The van der Waals surface area contributed by atoms with Crippen LogP contribution in [-0.4, -0.2) is 26.4 Å². The Morgan fingerprint density at radius 3 is 2.53 bits per heavy atom. The molecule has 2 rings (SSSR count). The average Bonchev–Trinajstić information content (AvgIpc) is 2.32. The molecule has 102 valence electrons. The highest BCUT2D eigenvalue weighted by Gasteiger charge is 2.20.